The predicted octanol–water partition coefficient (Wildman–Crippen LogP) is 5.78. The monoisotopic (exact) mass is 421 g/mol. The van der Waals surface area contributed by atoms with Gasteiger partial charge in [0.1, 0.15) is 11.1 Å². The minimum Gasteiger partial charge on any atom is -0.497 e. The van der Waals surface area contributed by atoms with Crippen molar-refractivity contribution in [2.45, 2.75) is 27.5 Å². The van der Waals surface area contributed by atoms with E-state index < -0.39 is 10.9 Å². The molecule has 3 aromatic rings. The van der Waals surface area contributed by atoms with E-state index in [9.17, 15) is 4.79 Å². The lowest BCUT2D eigenvalue weighted by molar-refractivity contribution is -0.127. The number of hydrogen-bond donors (Lipinski definition) is 0. The van der Waals surface area contributed by atoms with Gasteiger partial charge in [-0.25, -0.2) is 0 Å². The number of β-lactam (4-membered cyclic amide) rings is 1. The third-order valence-corrected chi connectivity index (χ3v) is 7.76. The summed E-state index contributed by atoms with van der Waals surface area (Å²) in [7, 11) is 1.67. The van der Waals surface area contributed by atoms with Crippen LogP contribution < -0.4 is 9.64 Å². The van der Waals surface area contributed by atoms with Crippen LogP contribution in [-0.4, -0.2) is 18.4 Å². The van der Waals surface area contributed by atoms with Gasteiger partial charge in [-0.3, -0.25) is 9.69 Å². The lowest BCUT2D eigenvalue weighted by atomic mass is 9.72. The molecular formula is C24H20ClNO2S. The number of carbonyl (C=O) groups excluding carboxylic acids is 1. The molecule has 146 valence electrons. The Balaban J connectivity index is 1.68. The Kier molecular flexibility index (Phi) is 4.56. The lowest BCUT2D eigenvalue weighted by Gasteiger charge is -2.55. The van der Waals surface area contributed by atoms with Gasteiger partial charge in [0.15, 0.2) is 0 Å². The van der Waals surface area contributed by atoms with Crippen LogP contribution >= 0.6 is 23.4 Å². The number of carbonyl (C=O) groups is 1. The number of thioether (sulfide) groups is 1. The van der Waals surface area contributed by atoms with Crippen molar-refractivity contribution in [1.29, 1.82) is 0 Å². The fourth-order valence-electron chi connectivity index (χ4n) is 4.43. The highest BCUT2D eigenvalue weighted by atomic mass is 35.5. The van der Waals surface area contributed by atoms with Crippen LogP contribution in [0.5, 0.6) is 5.75 Å². The molecular weight excluding hydrogens is 402 g/mol. The average molecular weight is 422 g/mol. The number of methoxy groups -OCH3 is 1. The zero-order valence-electron chi connectivity index (χ0n) is 15.9. The number of rotatable bonds is 3. The van der Waals surface area contributed by atoms with E-state index in [0.29, 0.717) is 0 Å². The maximum atomic E-state index is 13.0. The summed E-state index contributed by atoms with van der Waals surface area (Å²) in [6.07, 6.45) is 0.739. The van der Waals surface area contributed by atoms with E-state index >= 15 is 0 Å². The Labute approximate surface area is 179 Å². The van der Waals surface area contributed by atoms with Crippen LogP contribution in [0.15, 0.2) is 83.8 Å². The molecule has 5 rings (SSSR count). The summed E-state index contributed by atoms with van der Waals surface area (Å²) in [6, 6.07) is 26.5. The maximum absolute atomic E-state index is 13.0. The number of amides is 1. The number of alkyl halides is 1. The Hall–Kier alpha value is -2.43. The Bertz CT molecular complexity index is 1060. The standard InChI is InChI=1S/C24H20ClNO2S/c1-28-18-13-11-16(12-14-18)21-15-24(17-7-3-2-4-8-17)22(25)23(27)26(24)19-9-5-6-10-20(19)29-21/h2-14,21-22H,15H2,1H3. The number of hydrogen-bond acceptors (Lipinski definition) is 3. The number of halogens is 1. The van der Waals surface area contributed by atoms with Gasteiger partial charge in [-0.1, -0.05) is 54.6 Å². The van der Waals surface area contributed by atoms with Crippen LogP contribution in [0.25, 0.3) is 0 Å². The van der Waals surface area contributed by atoms with Gasteiger partial charge < -0.3 is 4.74 Å². The SMILES string of the molecule is COc1ccc(C2CC3(c4ccccc4)C(Cl)C(=O)N3c3ccccc3S2)cc1. The minimum absolute atomic E-state index is 0.0287. The summed E-state index contributed by atoms with van der Waals surface area (Å²) >= 11 is 8.58. The van der Waals surface area contributed by atoms with Crippen molar-refractivity contribution in [3.63, 3.8) is 0 Å². The van der Waals surface area contributed by atoms with Crippen LogP contribution in [0, 0.1) is 0 Å². The van der Waals surface area contributed by atoms with Gasteiger partial charge in [-0.2, -0.15) is 0 Å². The molecule has 29 heavy (non-hydrogen) atoms. The molecule has 0 saturated carbocycles. The number of anilines is 1. The highest BCUT2D eigenvalue weighted by Gasteiger charge is 2.63. The van der Waals surface area contributed by atoms with Crippen LogP contribution in [-0.2, 0) is 10.3 Å². The molecule has 5 heteroatoms. The van der Waals surface area contributed by atoms with E-state index in [1.54, 1.807) is 18.9 Å². The Morgan fingerprint density at radius 2 is 1.69 bits per heavy atom. The van der Waals surface area contributed by atoms with Gasteiger partial charge in [0.25, 0.3) is 0 Å². The second-order valence-electron chi connectivity index (χ2n) is 7.38. The van der Waals surface area contributed by atoms with Crippen molar-refractivity contribution in [3.05, 3.63) is 90.0 Å². The quantitative estimate of drug-likeness (QED) is 0.396. The van der Waals surface area contributed by atoms with Crippen molar-refractivity contribution in [3.8, 4) is 5.75 Å². The largest absolute Gasteiger partial charge is 0.497 e. The molecule has 1 amide bonds. The summed E-state index contributed by atoms with van der Waals surface area (Å²) in [5.74, 6) is 0.806. The van der Waals surface area contributed by atoms with Gasteiger partial charge in [0.2, 0.25) is 5.91 Å². The molecule has 3 unspecified atom stereocenters. The molecule has 0 radical (unpaired) electrons. The molecule has 3 nitrogen and oxygen atoms in total. The number of benzene rings is 3. The molecule has 0 spiro atoms. The topological polar surface area (TPSA) is 29.5 Å². The third kappa shape index (κ3) is 2.77. The summed E-state index contributed by atoms with van der Waals surface area (Å²) in [6.45, 7) is 0. The van der Waals surface area contributed by atoms with Gasteiger partial charge in [0, 0.05) is 10.1 Å². The zero-order valence-corrected chi connectivity index (χ0v) is 17.5. The highest BCUT2D eigenvalue weighted by Crippen LogP contribution is 2.60. The molecule has 0 N–H and O–H groups in total. The first kappa shape index (κ1) is 18.6. The molecule has 0 bridgehead atoms. The van der Waals surface area contributed by atoms with Gasteiger partial charge >= 0.3 is 0 Å². The fourth-order valence-corrected chi connectivity index (χ4v) is 6.22. The van der Waals surface area contributed by atoms with Gasteiger partial charge in [-0.05, 0) is 41.8 Å². The summed E-state index contributed by atoms with van der Waals surface area (Å²) in [5.41, 5.74) is 2.66. The van der Waals surface area contributed by atoms with Crippen molar-refractivity contribution in [2.75, 3.05) is 12.0 Å². The van der Waals surface area contributed by atoms with E-state index in [4.69, 9.17) is 16.3 Å². The summed E-state index contributed by atoms with van der Waals surface area (Å²) in [5, 5.41) is -0.431. The van der Waals surface area contributed by atoms with E-state index in [2.05, 4.69) is 30.3 Å². The first-order valence-electron chi connectivity index (χ1n) is 9.58. The summed E-state index contributed by atoms with van der Waals surface area (Å²) in [4.78, 5) is 16.0. The number of fused-ring (bicyclic) bond motifs is 3. The first-order chi connectivity index (χ1) is 14.1. The molecule has 2 aliphatic rings. The molecule has 3 atom stereocenters. The van der Waals surface area contributed by atoms with Crippen LogP contribution in [0.2, 0.25) is 0 Å². The van der Waals surface area contributed by atoms with Crippen LogP contribution in [0.4, 0.5) is 5.69 Å². The molecule has 1 fully saturated rings. The second kappa shape index (κ2) is 7.12. The van der Waals surface area contributed by atoms with E-state index in [-0.39, 0.29) is 11.2 Å². The predicted molar refractivity (Wildman–Crippen MR) is 118 cm³/mol. The Morgan fingerprint density at radius 3 is 2.41 bits per heavy atom. The van der Waals surface area contributed by atoms with E-state index in [1.165, 1.54) is 5.56 Å². The minimum atomic E-state index is -0.586. The fraction of sp³-hybridized carbons (Fsp3) is 0.208. The van der Waals surface area contributed by atoms with Crippen molar-refractivity contribution in [1.82, 2.24) is 0 Å². The third-order valence-electron chi connectivity index (χ3n) is 5.89. The van der Waals surface area contributed by atoms with Crippen molar-refractivity contribution < 1.29 is 9.53 Å². The van der Waals surface area contributed by atoms with Crippen LogP contribution in [0.3, 0.4) is 0 Å². The van der Waals surface area contributed by atoms with Crippen LogP contribution in [0.1, 0.15) is 22.8 Å². The van der Waals surface area contributed by atoms with E-state index in [0.717, 1.165) is 28.3 Å². The molecule has 1 saturated heterocycles. The Morgan fingerprint density at radius 1 is 1.00 bits per heavy atom. The highest BCUT2D eigenvalue weighted by molar-refractivity contribution is 7.99. The molecule has 3 aromatic carbocycles. The summed E-state index contributed by atoms with van der Waals surface area (Å²) < 4.78 is 5.33. The molecule has 0 aromatic heterocycles. The average Bonchev–Trinajstić information content (AvgIpc) is 2.92. The number of nitrogens with zero attached hydrogens (tertiary/aromatic N) is 1. The molecule has 0 aliphatic carbocycles. The molecule has 2 aliphatic heterocycles. The number of ether oxygens (including phenoxy) is 1. The van der Waals surface area contributed by atoms with Gasteiger partial charge in [0.05, 0.1) is 18.3 Å². The van der Waals surface area contributed by atoms with Crippen molar-refractivity contribution >= 4 is 35.0 Å². The van der Waals surface area contributed by atoms with E-state index in [1.807, 2.05) is 53.4 Å². The van der Waals surface area contributed by atoms with Crippen molar-refractivity contribution in [2.24, 2.45) is 0 Å². The second-order valence-corrected chi connectivity index (χ2v) is 9.06. The normalized spacial score (nSPS) is 25.4. The zero-order chi connectivity index (χ0) is 20.0. The lowest BCUT2D eigenvalue weighted by Crippen LogP contribution is -2.70. The number of para-hydroxylation sites is 1. The smallest absolute Gasteiger partial charge is 0.248 e. The van der Waals surface area contributed by atoms with Gasteiger partial charge in [-0.15, -0.1) is 23.4 Å². The molecule has 2 heterocycles. The maximum Gasteiger partial charge on any atom is 0.248 e. The first-order valence-corrected chi connectivity index (χ1v) is 10.9.